The van der Waals surface area contributed by atoms with Crippen LogP contribution < -0.4 is 15.6 Å². The van der Waals surface area contributed by atoms with Gasteiger partial charge in [0.15, 0.2) is 23.1 Å². The molecule has 7 nitrogen and oxygen atoms in total. The fourth-order valence-electron chi connectivity index (χ4n) is 5.43. The lowest BCUT2D eigenvalue weighted by Gasteiger charge is -2.38. The van der Waals surface area contributed by atoms with E-state index in [0.29, 0.717) is 22.8 Å². The van der Waals surface area contributed by atoms with Gasteiger partial charge < -0.3 is 10.1 Å². The lowest BCUT2D eigenvalue weighted by Crippen LogP contribution is -2.45. The smallest absolute Gasteiger partial charge is 0.264 e. The number of hydrogen-bond acceptors (Lipinski definition) is 5. The molecule has 0 radical (unpaired) electrons. The number of hydrogen-bond donors (Lipinski definition) is 1. The van der Waals surface area contributed by atoms with Gasteiger partial charge in [-0.25, -0.2) is 18.6 Å². The van der Waals surface area contributed by atoms with Gasteiger partial charge in [-0.3, -0.25) is 14.3 Å². The van der Waals surface area contributed by atoms with Gasteiger partial charge in [0.1, 0.15) is 5.82 Å². The summed E-state index contributed by atoms with van der Waals surface area (Å²) < 4.78 is 35.6. The number of halogens is 2. The summed E-state index contributed by atoms with van der Waals surface area (Å²) in [6.45, 7) is 10.2. The van der Waals surface area contributed by atoms with Crippen LogP contribution in [0.1, 0.15) is 24.4 Å². The minimum absolute atomic E-state index is 0.0125. The summed E-state index contributed by atoms with van der Waals surface area (Å²) >= 11 is 0. The molecule has 1 aliphatic carbocycles. The number of aryl methyl sites for hydroxylation is 1. The van der Waals surface area contributed by atoms with Crippen LogP contribution in [0.4, 0.5) is 14.5 Å². The standard InChI is InChI=1S/C27H21F2N5O2/c1-14-4-5-16(13-31-14)19-6-17(30-2)7-20-23(19)33-26(27-10-15(11-27)12-32-27)34(25(20)35)18-8-21(28)24(36-3)22(29)9-18/h4-9,13,15,32H,10-12H2,1,3H3. The van der Waals surface area contributed by atoms with Gasteiger partial charge >= 0.3 is 0 Å². The van der Waals surface area contributed by atoms with Crippen LogP contribution in [0.5, 0.6) is 5.75 Å². The molecule has 3 aliphatic rings. The normalized spacial score (nSPS) is 20.2. The number of rotatable bonds is 4. The third kappa shape index (κ3) is 3.22. The molecule has 2 saturated heterocycles. The molecule has 2 bridgehead atoms. The highest BCUT2D eigenvalue weighted by molar-refractivity contribution is 5.96. The number of pyridine rings is 1. The van der Waals surface area contributed by atoms with Crippen LogP contribution in [0.15, 0.2) is 47.4 Å². The molecular formula is C27H21F2N5O2. The Balaban J connectivity index is 1.71. The van der Waals surface area contributed by atoms with Crippen molar-refractivity contribution in [2.24, 2.45) is 5.92 Å². The van der Waals surface area contributed by atoms with E-state index in [4.69, 9.17) is 16.3 Å². The van der Waals surface area contributed by atoms with Gasteiger partial charge in [0, 0.05) is 29.6 Å². The zero-order chi connectivity index (χ0) is 25.2. The number of nitrogens with zero attached hydrogens (tertiary/aromatic N) is 4. The topological polar surface area (TPSA) is 73.4 Å². The molecule has 2 aromatic carbocycles. The molecule has 36 heavy (non-hydrogen) atoms. The first-order valence-electron chi connectivity index (χ1n) is 11.5. The third-order valence-electron chi connectivity index (χ3n) is 7.19. The van der Waals surface area contributed by atoms with Gasteiger partial charge in [-0.15, -0.1) is 0 Å². The first-order valence-corrected chi connectivity index (χ1v) is 11.5. The molecule has 1 saturated carbocycles. The van der Waals surface area contributed by atoms with Gasteiger partial charge in [0.25, 0.3) is 5.56 Å². The van der Waals surface area contributed by atoms with E-state index >= 15 is 0 Å². The first kappa shape index (κ1) is 22.3. The maximum Gasteiger partial charge on any atom is 0.264 e. The van der Waals surface area contributed by atoms with Crippen molar-refractivity contribution in [1.82, 2.24) is 19.9 Å². The van der Waals surface area contributed by atoms with Crippen molar-refractivity contribution >= 4 is 16.6 Å². The molecule has 180 valence electrons. The second-order valence-electron chi connectivity index (χ2n) is 9.45. The van der Waals surface area contributed by atoms with E-state index in [0.717, 1.165) is 42.8 Å². The van der Waals surface area contributed by atoms with Crippen LogP contribution in [-0.2, 0) is 5.54 Å². The minimum atomic E-state index is -0.921. The van der Waals surface area contributed by atoms with Gasteiger partial charge in [-0.2, -0.15) is 0 Å². The largest absolute Gasteiger partial charge is 0.491 e. The molecule has 4 heterocycles. The number of fused-ring (bicyclic) bond motifs is 2. The Bertz CT molecular complexity index is 1620. The van der Waals surface area contributed by atoms with E-state index in [1.807, 2.05) is 19.1 Å². The summed E-state index contributed by atoms with van der Waals surface area (Å²) in [5.74, 6) is -1.51. The molecule has 0 spiro atoms. The Morgan fingerprint density at radius 1 is 1.19 bits per heavy atom. The van der Waals surface area contributed by atoms with Crippen LogP contribution in [0, 0.1) is 31.0 Å². The van der Waals surface area contributed by atoms with Gasteiger partial charge in [-0.1, -0.05) is 6.07 Å². The molecule has 3 fully saturated rings. The van der Waals surface area contributed by atoms with Crippen molar-refractivity contribution in [3.8, 4) is 22.6 Å². The van der Waals surface area contributed by atoms with Crippen molar-refractivity contribution < 1.29 is 13.5 Å². The summed E-state index contributed by atoms with van der Waals surface area (Å²) in [7, 11) is 1.18. The molecule has 0 atom stereocenters. The molecule has 0 unspecified atom stereocenters. The Kier molecular flexibility index (Phi) is 4.92. The average Bonchev–Trinajstić information content (AvgIpc) is 3.46. The number of aromatic nitrogens is 3. The van der Waals surface area contributed by atoms with Crippen molar-refractivity contribution in [3.05, 3.63) is 87.5 Å². The van der Waals surface area contributed by atoms with Crippen molar-refractivity contribution in [1.29, 1.82) is 0 Å². The third-order valence-corrected chi connectivity index (χ3v) is 7.19. The molecule has 1 N–H and O–H groups in total. The lowest BCUT2D eigenvalue weighted by molar-refractivity contribution is 0.211. The molecule has 2 aliphatic heterocycles. The van der Waals surface area contributed by atoms with Crippen molar-refractivity contribution in [2.45, 2.75) is 25.3 Å². The summed E-state index contributed by atoms with van der Waals surface area (Å²) in [5.41, 5.74) is 1.76. The number of methoxy groups -OCH3 is 1. The molecule has 7 rings (SSSR count). The highest BCUT2D eigenvalue weighted by Gasteiger charge is 2.54. The molecule has 9 heteroatoms. The van der Waals surface area contributed by atoms with Crippen molar-refractivity contribution in [3.63, 3.8) is 0 Å². The second kappa shape index (κ2) is 7.93. The van der Waals surface area contributed by atoms with Crippen LogP contribution >= 0.6 is 0 Å². The van der Waals surface area contributed by atoms with Crippen LogP contribution in [0.25, 0.3) is 32.6 Å². The summed E-state index contributed by atoms with van der Waals surface area (Å²) in [6.07, 6.45) is 3.23. The second-order valence-corrected chi connectivity index (χ2v) is 9.45. The predicted octanol–water partition coefficient (Wildman–Crippen LogP) is 4.80. The van der Waals surface area contributed by atoms with E-state index in [9.17, 15) is 13.6 Å². The van der Waals surface area contributed by atoms with Crippen LogP contribution in [0.2, 0.25) is 0 Å². The highest BCUT2D eigenvalue weighted by Crippen LogP contribution is 2.50. The quantitative estimate of drug-likeness (QED) is 0.421. The zero-order valence-corrected chi connectivity index (χ0v) is 19.6. The molecule has 0 amide bonds. The highest BCUT2D eigenvalue weighted by atomic mass is 19.1. The van der Waals surface area contributed by atoms with Crippen LogP contribution in [0.3, 0.4) is 0 Å². The minimum Gasteiger partial charge on any atom is -0.491 e. The Morgan fingerprint density at radius 3 is 2.53 bits per heavy atom. The number of nitrogens with one attached hydrogen (secondary N) is 1. The predicted molar refractivity (Wildman–Crippen MR) is 130 cm³/mol. The maximum atomic E-state index is 14.7. The van der Waals surface area contributed by atoms with Gasteiger partial charge in [-0.05, 0) is 56.0 Å². The van der Waals surface area contributed by atoms with Crippen LogP contribution in [-0.4, -0.2) is 28.2 Å². The molecule has 4 aromatic rings. The van der Waals surface area contributed by atoms with E-state index in [2.05, 4.69) is 15.1 Å². The number of benzene rings is 2. The zero-order valence-electron chi connectivity index (χ0n) is 19.6. The fraction of sp³-hybridized carbons (Fsp3) is 0.259. The number of ether oxygens (including phenoxy) is 1. The maximum absolute atomic E-state index is 14.7. The monoisotopic (exact) mass is 485 g/mol. The molecular weight excluding hydrogens is 464 g/mol. The van der Waals surface area contributed by atoms with E-state index in [1.165, 1.54) is 17.7 Å². The lowest BCUT2D eigenvalue weighted by atomic mass is 9.73. The van der Waals surface area contributed by atoms with E-state index < -0.39 is 28.5 Å². The van der Waals surface area contributed by atoms with Gasteiger partial charge in [0.2, 0.25) is 0 Å². The first-order chi connectivity index (χ1) is 17.3. The fourth-order valence-corrected chi connectivity index (χ4v) is 5.43. The SMILES string of the molecule is [C-]#[N+]c1cc(-c2ccc(C)nc2)c2nc(C34CC(CN3)C4)n(-c3cc(F)c(OC)c(F)c3)c(=O)c2c1. The summed E-state index contributed by atoms with van der Waals surface area (Å²) in [5, 5.41) is 3.66. The van der Waals surface area contributed by atoms with Crippen molar-refractivity contribution in [2.75, 3.05) is 13.7 Å². The Labute approximate surface area is 205 Å². The van der Waals surface area contributed by atoms with E-state index in [1.54, 1.807) is 12.3 Å². The Hall–Kier alpha value is -4.16. The average molecular weight is 485 g/mol. The summed E-state index contributed by atoms with van der Waals surface area (Å²) in [6, 6.07) is 9.04. The van der Waals surface area contributed by atoms with E-state index in [-0.39, 0.29) is 16.8 Å². The summed E-state index contributed by atoms with van der Waals surface area (Å²) in [4.78, 5) is 26.9. The molecule has 2 aromatic heterocycles. The Morgan fingerprint density at radius 2 is 1.94 bits per heavy atom. The van der Waals surface area contributed by atoms with Gasteiger partial charge in [0.05, 0.1) is 35.8 Å².